The SMILES string of the molecule is CC(C)NC(=O)CN(C)CC(=O)NN1C(=O)NC2(CCCCC2)C1=O. The van der Waals surface area contributed by atoms with E-state index in [2.05, 4.69) is 16.1 Å². The van der Waals surface area contributed by atoms with E-state index in [0.717, 1.165) is 24.3 Å². The van der Waals surface area contributed by atoms with Crippen molar-refractivity contribution in [2.45, 2.75) is 57.5 Å². The minimum absolute atomic E-state index is 0.0207. The summed E-state index contributed by atoms with van der Waals surface area (Å²) in [7, 11) is 1.62. The van der Waals surface area contributed by atoms with Crippen LogP contribution in [0.25, 0.3) is 0 Å². The summed E-state index contributed by atoms with van der Waals surface area (Å²) in [4.78, 5) is 50.0. The molecule has 0 radical (unpaired) electrons. The molecule has 5 amide bonds. The van der Waals surface area contributed by atoms with Crippen LogP contribution in [0, 0.1) is 0 Å². The normalized spacial score (nSPS) is 19.5. The van der Waals surface area contributed by atoms with Crippen LogP contribution in [0.4, 0.5) is 4.79 Å². The van der Waals surface area contributed by atoms with Crippen LogP contribution >= 0.6 is 0 Å². The Kier molecular flexibility index (Phi) is 5.99. The summed E-state index contributed by atoms with van der Waals surface area (Å²) in [5.74, 6) is -1.11. The smallest absolute Gasteiger partial charge is 0.344 e. The van der Waals surface area contributed by atoms with Crippen LogP contribution in [0.2, 0.25) is 0 Å². The van der Waals surface area contributed by atoms with Crippen LogP contribution in [-0.2, 0) is 14.4 Å². The van der Waals surface area contributed by atoms with Crippen LogP contribution in [0.15, 0.2) is 0 Å². The number of hydrazine groups is 1. The van der Waals surface area contributed by atoms with Gasteiger partial charge in [-0.15, -0.1) is 0 Å². The second kappa shape index (κ2) is 7.81. The first-order valence-electron chi connectivity index (χ1n) is 8.67. The Balaban J connectivity index is 1.86. The van der Waals surface area contributed by atoms with Gasteiger partial charge in [0.2, 0.25) is 5.91 Å². The van der Waals surface area contributed by atoms with Gasteiger partial charge in [0.25, 0.3) is 11.8 Å². The minimum atomic E-state index is -0.869. The molecule has 0 bridgehead atoms. The number of carbonyl (C=O) groups excluding carboxylic acids is 4. The summed E-state index contributed by atoms with van der Waals surface area (Å²) < 4.78 is 0. The average Bonchev–Trinajstić information content (AvgIpc) is 2.71. The average molecular weight is 353 g/mol. The van der Waals surface area contributed by atoms with Crippen molar-refractivity contribution in [1.82, 2.24) is 26.0 Å². The number of imide groups is 1. The first kappa shape index (κ1) is 19.2. The van der Waals surface area contributed by atoms with Crippen molar-refractivity contribution in [3.63, 3.8) is 0 Å². The number of amides is 5. The minimum Gasteiger partial charge on any atom is -0.353 e. The van der Waals surface area contributed by atoms with Gasteiger partial charge in [0.1, 0.15) is 5.54 Å². The van der Waals surface area contributed by atoms with Crippen molar-refractivity contribution in [3.8, 4) is 0 Å². The first-order valence-corrected chi connectivity index (χ1v) is 8.67. The Labute approximate surface area is 147 Å². The molecule has 1 saturated carbocycles. The van der Waals surface area contributed by atoms with Crippen LogP contribution in [-0.4, -0.2) is 65.4 Å². The lowest BCUT2D eigenvalue weighted by atomic mass is 9.82. The van der Waals surface area contributed by atoms with Gasteiger partial charge in [0.05, 0.1) is 13.1 Å². The van der Waals surface area contributed by atoms with Gasteiger partial charge >= 0.3 is 6.03 Å². The van der Waals surface area contributed by atoms with Gasteiger partial charge in [-0.3, -0.25) is 24.7 Å². The lowest BCUT2D eigenvalue weighted by Gasteiger charge is -2.30. The molecule has 0 aromatic heterocycles. The summed E-state index contributed by atoms with van der Waals surface area (Å²) >= 11 is 0. The molecule has 9 nitrogen and oxygen atoms in total. The molecular weight excluding hydrogens is 326 g/mol. The fourth-order valence-corrected chi connectivity index (χ4v) is 3.29. The molecule has 2 aliphatic rings. The molecule has 25 heavy (non-hydrogen) atoms. The maximum Gasteiger partial charge on any atom is 0.344 e. The number of carbonyl (C=O) groups is 4. The first-order chi connectivity index (χ1) is 11.7. The third-order valence-corrected chi connectivity index (χ3v) is 4.38. The molecule has 1 aliphatic carbocycles. The highest BCUT2D eigenvalue weighted by Crippen LogP contribution is 2.32. The van der Waals surface area contributed by atoms with E-state index in [1.165, 1.54) is 4.90 Å². The van der Waals surface area contributed by atoms with Crippen LogP contribution in [0.5, 0.6) is 0 Å². The second-order valence-corrected chi connectivity index (χ2v) is 7.14. The number of nitrogens with one attached hydrogen (secondary N) is 3. The van der Waals surface area contributed by atoms with Gasteiger partial charge in [-0.1, -0.05) is 19.3 Å². The van der Waals surface area contributed by atoms with E-state index in [9.17, 15) is 19.2 Å². The van der Waals surface area contributed by atoms with E-state index in [4.69, 9.17) is 0 Å². The monoisotopic (exact) mass is 353 g/mol. The fraction of sp³-hybridized carbons (Fsp3) is 0.750. The third kappa shape index (κ3) is 4.68. The van der Waals surface area contributed by atoms with E-state index in [1.807, 2.05) is 13.8 Å². The molecular formula is C16H27N5O4. The molecule has 1 heterocycles. The zero-order valence-corrected chi connectivity index (χ0v) is 15.1. The number of hydrogen-bond acceptors (Lipinski definition) is 5. The predicted octanol–water partition coefficient (Wildman–Crippen LogP) is -0.271. The quantitative estimate of drug-likeness (QED) is 0.569. The lowest BCUT2D eigenvalue weighted by molar-refractivity contribution is -0.140. The number of nitrogens with zero attached hydrogens (tertiary/aromatic N) is 2. The fourth-order valence-electron chi connectivity index (χ4n) is 3.29. The number of urea groups is 1. The van der Waals surface area contributed by atoms with Crippen molar-refractivity contribution in [2.24, 2.45) is 0 Å². The topological polar surface area (TPSA) is 111 Å². The van der Waals surface area contributed by atoms with E-state index in [0.29, 0.717) is 12.8 Å². The summed E-state index contributed by atoms with van der Waals surface area (Å²) in [5, 5.41) is 6.23. The molecule has 3 N–H and O–H groups in total. The van der Waals surface area contributed by atoms with Gasteiger partial charge in [-0.2, -0.15) is 5.01 Å². The van der Waals surface area contributed by atoms with Crippen molar-refractivity contribution in [1.29, 1.82) is 0 Å². The molecule has 1 spiro atoms. The number of hydrogen-bond donors (Lipinski definition) is 3. The second-order valence-electron chi connectivity index (χ2n) is 7.14. The Morgan fingerprint density at radius 3 is 2.36 bits per heavy atom. The Bertz CT molecular complexity index is 557. The van der Waals surface area contributed by atoms with E-state index in [1.54, 1.807) is 7.05 Å². The van der Waals surface area contributed by atoms with Crippen LogP contribution in [0.1, 0.15) is 46.0 Å². The van der Waals surface area contributed by atoms with Crippen molar-refractivity contribution < 1.29 is 19.2 Å². The molecule has 0 atom stereocenters. The molecule has 0 aromatic carbocycles. The lowest BCUT2D eigenvalue weighted by Crippen LogP contribution is -2.52. The Morgan fingerprint density at radius 1 is 1.16 bits per heavy atom. The summed E-state index contributed by atoms with van der Waals surface area (Å²) in [5.41, 5.74) is 1.48. The van der Waals surface area contributed by atoms with Crippen LogP contribution < -0.4 is 16.1 Å². The number of rotatable bonds is 6. The molecule has 0 unspecified atom stereocenters. The standard InChI is InChI=1S/C16H27N5O4/c1-11(2)17-12(22)9-20(3)10-13(23)19-21-14(24)16(18-15(21)25)7-5-4-6-8-16/h11H,4-10H2,1-3H3,(H,17,22)(H,18,25)(H,19,23). The summed E-state index contributed by atoms with van der Waals surface area (Å²) in [6.45, 7) is 3.65. The Hall–Kier alpha value is -2.16. The van der Waals surface area contributed by atoms with Gasteiger partial charge in [-0.25, -0.2) is 4.79 Å². The highest BCUT2D eigenvalue weighted by Gasteiger charge is 2.52. The van der Waals surface area contributed by atoms with E-state index >= 15 is 0 Å². The maximum atomic E-state index is 12.6. The van der Waals surface area contributed by atoms with Gasteiger partial charge in [-0.05, 0) is 33.7 Å². The van der Waals surface area contributed by atoms with Gasteiger partial charge in [0, 0.05) is 6.04 Å². The molecule has 2 rings (SSSR count). The molecule has 0 aromatic rings. The largest absolute Gasteiger partial charge is 0.353 e. The third-order valence-electron chi connectivity index (χ3n) is 4.38. The van der Waals surface area contributed by atoms with Crippen molar-refractivity contribution in [2.75, 3.05) is 20.1 Å². The predicted molar refractivity (Wildman–Crippen MR) is 90.1 cm³/mol. The zero-order valence-electron chi connectivity index (χ0n) is 15.1. The van der Waals surface area contributed by atoms with E-state index in [-0.39, 0.29) is 25.0 Å². The molecule has 1 saturated heterocycles. The number of likely N-dealkylation sites (N-methyl/N-ethyl adjacent to an activating group) is 1. The van der Waals surface area contributed by atoms with E-state index < -0.39 is 23.4 Å². The molecule has 140 valence electrons. The van der Waals surface area contributed by atoms with Crippen LogP contribution in [0.3, 0.4) is 0 Å². The molecule has 9 heteroatoms. The summed E-state index contributed by atoms with van der Waals surface area (Å²) in [6.07, 6.45) is 3.99. The molecule has 2 fully saturated rings. The zero-order chi connectivity index (χ0) is 18.6. The Morgan fingerprint density at radius 2 is 1.76 bits per heavy atom. The van der Waals surface area contributed by atoms with Crippen molar-refractivity contribution in [3.05, 3.63) is 0 Å². The maximum absolute atomic E-state index is 12.6. The highest BCUT2D eigenvalue weighted by molar-refractivity contribution is 6.08. The molecule has 1 aliphatic heterocycles. The van der Waals surface area contributed by atoms with Crippen molar-refractivity contribution >= 4 is 23.8 Å². The van der Waals surface area contributed by atoms with Gasteiger partial charge in [0.15, 0.2) is 0 Å². The highest BCUT2D eigenvalue weighted by atomic mass is 16.2. The summed E-state index contributed by atoms with van der Waals surface area (Å²) in [6, 6.07) is -0.576. The van der Waals surface area contributed by atoms with Gasteiger partial charge < -0.3 is 10.6 Å².